The second kappa shape index (κ2) is 3.66. The van der Waals surface area contributed by atoms with Gasteiger partial charge >= 0.3 is 5.97 Å². The predicted octanol–water partition coefficient (Wildman–Crippen LogP) is -0.391. The number of β-amino-alcohol motifs (C(OH)–C–C–N with tert-alkyl or cyclic N) is 1. The van der Waals surface area contributed by atoms with Crippen LogP contribution < -0.4 is 0 Å². The molecule has 0 aromatic heterocycles. The number of rotatable bonds is 4. The van der Waals surface area contributed by atoms with Gasteiger partial charge in [0.2, 0.25) is 5.91 Å². The summed E-state index contributed by atoms with van der Waals surface area (Å²) in [4.78, 5) is 23.5. The predicted molar refractivity (Wildman–Crippen MR) is 51.0 cm³/mol. The summed E-state index contributed by atoms with van der Waals surface area (Å²) in [6, 6.07) is 0.0611. The van der Waals surface area contributed by atoms with Gasteiger partial charge in [-0.2, -0.15) is 0 Å². The zero-order valence-corrected chi connectivity index (χ0v) is 8.17. The summed E-state index contributed by atoms with van der Waals surface area (Å²) in [5.74, 6) is -1.09. The molecule has 1 fully saturated rings. The summed E-state index contributed by atoms with van der Waals surface area (Å²) in [5, 5.41) is 17.9. The van der Waals surface area contributed by atoms with Gasteiger partial charge in [0.15, 0.2) is 0 Å². The maximum Gasteiger partial charge on any atom is 0.306 e. The number of fused-ring (bicyclic) bond motifs is 2. The molecule has 2 aliphatic rings. The number of carboxylic acids is 1. The molecule has 1 heterocycles. The Kier molecular flexibility index (Phi) is 2.48. The summed E-state index contributed by atoms with van der Waals surface area (Å²) in [6.07, 6.45) is 3.31. The number of aliphatic carboxylic acids is 1. The minimum atomic E-state index is -1.05. The van der Waals surface area contributed by atoms with Gasteiger partial charge in [-0.25, -0.2) is 0 Å². The molecule has 1 aliphatic heterocycles. The third-order valence-corrected chi connectivity index (χ3v) is 2.88. The Balaban J connectivity index is 1.93. The number of aliphatic hydroxyl groups excluding tert-OH is 1. The highest BCUT2D eigenvalue weighted by atomic mass is 16.4. The van der Waals surface area contributed by atoms with Gasteiger partial charge in [-0.1, -0.05) is 12.2 Å². The van der Waals surface area contributed by atoms with Crippen molar-refractivity contribution >= 4 is 11.9 Å². The van der Waals surface area contributed by atoms with Crippen LogP contribution in [-0.2, 0) is 9.59 Å². The normalized spacial score (nSPS) is 29.9. The van der Waals surface area contributed by atoms with Crippen LogP contribution in [0.25, 0.3) is 0 Å². The molecule has 2 rings (SSSR count). The standard InChI is InChI=1S/C10H13NO4/c12-8(4-9(13)14)5-11-7-2-1-6(3-7)10(11)15/h1-2,6-8,12H,3-5H2,(H,13,14). The molecule has 1 amide bonds. The van der Waals surface area contributed by atoms with Crippen molar-refractivity contribution in [3.05, 3.63) is 12.2 Å². The maximum atomic E-state index is 11.6. The van der Waals surface area contributed by atoms with Crippen LogP contribution in [0, 0.1) is 5.92 Å². The van der Waals surface area contributed by atoms with Gasteiger partial charge in [-0.3, -0.25) is 9.59 Å². The van der Waals surface area contributed by atoms with Gasteiger partial charge in [0.25, 0.3) is 0 Å². The van der Waals surface area contributed by atoms with E-state index in [4.69, 9.17) is 5.11 Å². The first kappa shape index (κ1) is 10.2. The first-order chi connectivity index (χ1) is 7.08. The number of hydrogen-bond acceptors (Lipinski definition) is 3. The first-order valence-electron chi connectivity index (χ1n) is 4.96. The van der Waals surface area contributed by atoms with Crippen LogP contribution >= 0.6 is 0 Å². The summed E-state index contributed by atoms with van der Waals surface area (Å²) in [6.45, 7) is 0.122. The highest BCUT2D eigenvalue weighted by molar-refractivity contribution is 5.85. The minimum absolute atomic E-state index is 0.00642. The van der Waals surface area contributed by atoms with Crippen molar-refractivity contribution < 1.29 is 19.8 Å². The number of likely N-dealkylation sites (tertiary alicyclic amines) is 1. The van der Waals surface area contributed by atoms with E-state index in [1.54, 1.807) is 4.90 Å². The summed E-state index contributed by atoms with van der Waals surface area (Å²) in [5.41, 5.74) is 0. The molecule has 0 aromatic carbocycles. The molecule has 1 aliphatic carbocycles. The SMILES string of the molecule is O=C(O)CC(O)CN1C(=O)C2C=CC1C2. The molecule has 0 saturated carbocycles. The lowest BCUT2D eigenvalue weighted by Crippen LogP contribution is -2.40. The molecule has 0 spiro atoms. The van der Waals surface area contributed by atoms with Gasteiger partial charge in [-0.05, 0) is 6.42 Å². The molecule has 82 valence electrons. The van der Waals surface area contributed by atoms with Crippen LogP contribution in [0.5, 0.6) is 0 Å². The first-order valence-corrected chi connectivity index (χ1v) is 4.96. The Morgan fingerprint density at radius 3 is 2.87 bits per heavy atom. The lowest BCUT2D eigenvalue weighted by molar-refractivity contribution is -0.141. The monoisotopic (exact) mass is 211 g/mol. The molecule has 3 atom stereocenters. The molecular weight excluding hydrogens is 198 g/mol. The van der Waals surface area contributed by atoms with Crippen LogP contribution in [0.3, 0.4) is 0 Å². The van der Waals surface area contributed by atoms with Gasteiger partial charge in [0.1, 0.15) is 0 Å². The second-order valence-electron chi connectivity index (χ2n) is 4.04. The highest BCUT2D eigenvalue weighted by Crippen LogP contribution is 2.32. The number of carboxylic acid groups (broad SMARTS) is 1. The third kappa shape index (κ3) is 1.87. The molecule has 15 heavy (non-hydrogen) atoms. The van der Waals surface area contributed by atoms with Crippen LogP contribution in [0.4, 0.5) is 0 Å². The maximum absolute atomic E-state index is 11.6. The quantitative estimate of drug-likeness (QED) is 0.621. The second-order valence-corrected chi connectivity index (χ2v) is 4.04. The fourth-order valence-corrected chi connectivity index (χ4v) is 2.19. The van der Waals surface area contributed by atoms with Gasteiger partial charge in [-0.15, -0.1) is 0 Å². The van der Waals surface area contributed by atoms with E-state index in [-0.39, 0.29) is 30.8 Å². The molecule has 0 radical (unpaired) electrons. The number of hydrogen-bond donors (Lipinski definition) is 2. The number of amides is 1. The summed E-state index contributed by atoms with van der Waals surface area (Å²) in [7, 11) is 0. The highest BCUT2D eigenvalue weighted by Gasteiger charge is 2.41. The fourth-order valence-electron chi connectivity index (χ4n) is 2.19. The van der Waals surface area contributed by atoms with E-state index in [1.807, 2.05) is 12.2 Å². The molecule has 0 aromatic rings. The van der Waals surface area contributed by atoms with Crippen molar-refractivity contribution in [3.8, 4) is 0 Å². The number of nitrogens with zero attached hydrogens (tertiary/aromatic N) is 1. The van der Waals surface area contributed by atoms with Crippen LogP contribution in [0.2, 0.25) is 0 Å². The third-order valence-electron chi connectivity index (χ3n) is 2.88. The summed E-state index contributed by atoms with van der Waals surface area (Å²) < 4.78 is 0. The van der Waals surface area contributed by atoms with Crippen LogP contribution in [-0.4, -0.2) is 45.7 Å². The number of aliphatic hydroxyl groups is 1. The van der Waals surface area contributed by atoms with Crippen LogP contribution in [0.1, 0.15) is 12.8 Å². The van der Waals surface area contributed by atoms with E-state index in [9.17, 15) is 14.7 Å². The average Bonchev–Trinajstić information content (AvgIpc) is 2.68. The van der Waals surface area contributed by atoms with E-state index in [0.717, 1.165) is 6.42 Å². The molecule has 1 saturated heterocycles. The minimum Gasteiger partial charge on any atom is -0.481 e. The molecule has 2 N–H and O–H groups in total. The van der Waals surface area contributed by atoms with Crippen molar-refractivity contribution in [1.82, 2.24) is 4.90 Å². The Morgan fingerprint density at radius 1 is 1.60 bits per heavy atom. The lowest BCUT2D eigenvalue weighted by atomic mass is 10.1. The van der Waals surface area contributed by atoms with E-state index >= 15 is 0 Å². The van der Waals surface area contributed by atoms with Crippen LogP contribution in [0.15, 0.2) is 12.2 Å². The molecule has 3 unspecified atom stereocenters. The van der Waals surface area contributed by atoms with Gasteiger partial charge < -0.3 is 15.1 Å². The lowest BCUT2D eigenvalue weighted by Gasteiger charge is -2.26. The largest absolute Gasteiger partial charge is 0.481 e. The molecule has 5 heteroatoms. The zero-order chi connectivity index (χ0) is 11.0. The molecule has 5 nitrogen and oxygen atoms in total. The number of carbonyl (C=O) groups is 2. The Hall–Kier alpha value is -1.36. The van der Waals surface area contributed by atoms with Crippen molar-refractivity contribution in [2.75, 3.05) is 6.54 Å². The average molecular weight is 211 g/mol. The van der Waals surface area contributed by atoms with Gasteiger partial charge in [0.05, 0.1) is 24.5 Å². The Morgan fingerprint density at radius 2 is 2.33 bits per heavy atom. The van der Waals surface area contributed by atoms with Crippen molar-refractivity contribution in [3.63, 3.8) is 0 Å². The fraction of sp³-hybridized carbons (Fsp3) is 0.600. The Bertz CT molecular complexity index is 325. The van der Waals surface area contributed by atoms with Crippen molar-refractivity contribution in [1.29, 1.82) is 0 Å². The van der Waals surface area contributed by atoms with E-state index in [2.05, 4.69) is 0 Å². The number of carbonyl (C=O) groups excluding carboxylic acids is 1. The molecule has 2 bridgehead atoms. The van der Waals surface area contributed by atoms with Gasteiger partial charge in [0, 0.05) is 6.54 Å². The van der Waals surface area contributed by atoms with Crippen molar-refractivity contribution in [2.24, 2.45) is 5.92 Å². The summed E-state index contributed by atoms with van der Waals surface area (Å²) >= 11 is 0. The van der Waals surface area contributed by atoms with E-state index in [1.165, 1.54) is 0 Å². The van der Waals surface area contributed by atoms with Crippen molar-refractivity contribution in [2.45, 2.75) is 25.0 Å². The topological polar surface area (TPSA) is 77.8 Å². The van der Waals surface area contributed by atoms with E-state index in [0.29, 0.717) is 0 Å². The van der Waals surface area contributed by atoms with E-state index < -0.39 is 12.1 Å². The zero-order valence-electron chi connectivity index (χ0n) is 8.17. The Labute approximate surface area is 87.0 Å². The molecular formula is C10H13NO4. The smallest absolute Gasteiger partial charge is 0.306 e.